The van der Waals surface area contributed by atoms with Crippen molar-refractivity contribution < 1.29 is 17.9 Å². The van der Waals surface area contributed by atoms with Gasteiger partial charge in [-0.3, -0.25) is 4.79 Å². The molecular weight excluding hydrogens is 426 g/mol. The number of carbonyl (C=O) groups is 1. The third kappa shape index (κ3) is 5.44. The van der Waals surface area contributed by atoms with Crippen LogP contribution in [-0.4, -0.2) is 49.0 Å². The molecule has 3 rings (SSSR count). The van der Waals surface area contributed by atoms with Crippen molar-refractivity contribution in [2.24, 2.45) is 0 Å². The number of aryl methyl sites for hydroxylation is 1. The fourth-order valence-electron chi connectivity index (χ4n) is 3.55. The zero-order valence-electron chi connectivity index (χ0n) is 18.7. The van der Waals surface area contributed by atoms with E-state index < -0.39 is 9.84 Å². The zero-order valence-corrected chi connectivity index (χ0v) is 19.5. The van der Waals surface area contributed by atoms with Crippen LogP contribution < -0.4 is 0 Å². The van der Waals surface area contributed by atoms with Gasteiger partial charge in [-0.05, 0) is 31.0 Å². The Morgan fingerprint density at radius 1 is 1.09 bits per heavy atom. The van der Waals surface area contributed by atoms with Crippen LogP contribution in [0.3, 0.4) is 0 Å². The van der Waals surface area contributed by atoms with E-state index in [1.807, 2.05) is 50.2 Å². The molecule has 0 aliphatic heterocycles. The molecule has 7 nitrogen and oxygen atoms in total. The molecule has 1 aromatic heterocycles. The summed E-state index contributed by atoms with van der Waals surface area (Å²) < 4.78 is 33.1. The molecule has 1 amide bonds. The number of ether oxygens (including phenoxy) is 1. The highest BCUT2D eigenvalue weighted by Crippen LogP contribution is 2.20. The monoisotopic (exact) mass is 455 g/mol. The molecule has 0 saturated carbocycles. The summed E-state index contributed by atoms with van der Waals surface area (Å²) in [5.74, 6) is -0.240. The molecule has 0 radical (unpaired) electrons. The molecule has 0 atom stereocenters. The molecule has 0 aliphatic carbocycles. The van der Waals surface area contributed by atoms with Crippen LogP contribution in [0, 0.1) is 6.92 Å². The number of aromatic nitrogens is 2. The SMILES string of the molecule is CCN(Cc1cnc(S(=O)(=O)Cc2ccccc2)n1CCOC)C(=O)c1ccccc1C. The fourth-order valence-corrected chi connectivity index (χ4v) is 5.07. The third-order valence-corrected chi connectivity index (χ3v) is 6.89. The molecule has 170 valence electrons. The van der Waals surface area contributed by atoms with Crippen LogP contribution in [0.4, 0.5) is 0 Å². The molecule has 0 saturated heterocycles. The van der Waals surface area contributed by atoms with Gasteiger partial charge in [-0.15, -0.1) is 0 Å². The highest BCUT2D eigenvalue weighted by molar-refractivity contribution is 7.90. The van der Waals surface area contributed by atoms with Crippen LogP contribution in [0.1, 0.15) is 34.1 Å². The number of carbonyl (C=O) groups excluding carboxylic acids is 1. The Bertz CT molecular complexity index is 1160. The van der Waals surface area contributed by atoms with Crippen molar-refractivity contribution in [1.29, 1.82) is 0 Å². The topological polar surface area (TPSA) is 81.5 Å². The van der Waals surface area contributed by atoms with E-state index in [9.17, 15) is 13.2 Å². The molecule has 0 fully saturated rings. The molecule has 32 heavy (non-hydrogen) atoms. The van der Waals surface area contributed by atoms with Gasteiger partial charge in [-0.2, -0.15) is 0 Å². The summed E-state index contributed by atoms with van der Waals surface area (Å²) >= 11 is 0. The van der Waals surface area contributed by atoms with Crippen LogP contribution in [0.25, 0.3) is 0 Å². The van der Waals surface area contributed by atoms with E-state index in [0.717, 1.165) is 5.56 Å². The van der Waals surface area contributed by atoms with Crippen LogP contribution in [0.15, 0.2) is 66.0 Å². The van der Waals surface area contributed by atoms with Gasteiger partial charge in [0.2, 0.25) is 15.0 Å². The summed E-state index contributed by atoms with van der Waals surface area (Å²) in [6.07, 6.45) is 1.54. The van der Waals surface area contributed by atoms with Crippen molar-refractivity contribution in [1.82, 2.24) is 14.5 Å². The number of hydrogen-bond donors (Lipinski definition) is 0. The molecule has 0 N–H and O–H groups in total. The summed E-state index contributed by atoms with van der Waals surface area (Å²) in [6, 6.07) is 16.5. The molecule has 1 heterocycles. The number of hydrogen-bond acceptors (Lipinski definition) is 5. The summed E-state index contributed by atoms with van der Waals surface area (Å²) in [7, 11) is -2.12. The quantitative estimate of drug-likeness (QED) is 0.468. The van der Waals surface area contributed by atoms with Crippen molar-refractivity contribution in [2.45, 2.75) is 37.8 Å². The van der Waals surface area contributed by atoms with Crippen LogP contribution >= 0.6 is 0 Å². The Kier molecular flexibility index (Phi) is 7.82. The lowest BCUT2D eigenvalue weighted by atomic mass is 10.1. The van der Waals surface area contributed by atoms with Gasteiger partial charge in [0.25, 0.3) is 5.91 Å². The van der Waals surface area contributed by atoms with Crippen molar-refractivity contribution in [3.8, 4) is 0 Å². The summed E-state index contributed by atoms with van der Waals surface area (Å²) in [6.45, 7) is 5.19. The Morgan fingerprint density at radius 2 is 1.78 bits per heavy atom. The Balaban J connectivity index is 1.92. The minimum atomic E-state index is -3.68. The number of benzene rings is 2. The average molecular weight is 456 g/mol. The highest BCUT2D eigenvalue weighted by Gasteiger charge is 2.25. The molecule has 0 spiro atoms. The minimum Gasteiger partial charge on any atom is -0.383 e. The second kappa shape index (κ2) is 10.6. The number of imidazole rings is 1. The highest BCUT2D eigenvalue weighted by atomic mass is 32.2. The standard InChI is InChI=1S/C24H29N3O4S/c1-4-26(23(28)22-13-9-8-10-19(22)2)17-21-16-25-24(27(21)14-15-31-3)32(29,30)18-20-11-6-5-7-12-20/h5-13,16H,4,14-15,17-18H2,1-3H3. The van der Waals surface area contributed by atoms with Gasteiger partial charge in [0, 0.05) is 25.8 Å². The Morgan fingerprint density at radius 3 is 2.44 bits per heavy atom. The summed E-state index contributed by atoms with van der Waals surface area (Å²) in [5, 5.41) is -0.00667. The Hall–Kier alpha value is -2.97. The predicted octanol–water partition coefficient (Wildman–Crippen LogP) is 3.47. The maximum atomic E-state index is 13.1. The lowest BCUT2D eigenvalue weighted by molar-refractivity contribution is 0.0747. The van der Waals surface area contributed by atoms with E-state index in [0.29, 0.717) is 36.5 Å². The molecule has 0 aliphatic rings. The van der Waals surface area contributed by atoms with E-state index in [4.69, 9.17) is 4.74 Å². The van der Waals surface area contributed by atoms with Gasteiger partial charge in [0.1, 0.15) is 0 Å². The van der Waals surface area contributed by atoms with Crippen molar-refractivity contribution in [3.05, 3.63) is 83.2 Å². The van der Waals surface area contributed by atoms with Gasteiger partial charge in [-0.1, -0.05) is 48.5 Å². The third-order valence-electron chi connectivity index (χ3n) is 5.30. The zero-order chi connectivity index (χ0) is 23.1. The van der Waals surface area contributed by atoms with E-state index in [1.54, 1.807) is 41.0 Å². The predicted molar refractivity (Wildman–Crippen MR) is 123 cm³/mol. The van der Waals surface area contributed by atoms with Gasteiger partial charge in [-0.25, -0.2) is 13.4 Å². The largest absolute Gasteiger partial charge is 0.383 e. The lowest BCUT2D eigenvalue weighted by Crippen LogP contribution is -2.32. The first kappa shape index (κ1) is 23.7. The molecule has 8 heteroatoms. The molecular formula is C24H29N3O4S. The van der Waals surface area contributed by atoms with E-state index in [2.05, 4.69) is 4.98 Å². The number of rotatable bonds is 10. The second-order valence-corrected chi connectivity index (χ2v) is 9.44. The van der Waals surface area contributed by atoms with Gasteiger partial charge in [0.05, 0.1) is 30.8 Å². The molecule has 2 aromatic carbocycles. The minimum absolute atomic E-state index is 0.00667. The first-order valence-electron chi connectivity index (χ1n) is 10.5. The molecule has 3 aromatic rings. The van der Waals surface area contributed by atoms with Gasteiger partial charge < -0.3 is 14.2 Å². The fraction of sp³-hybridized carbons (Fsp3) is 0.333. The molecule has 0 bridgehead atoms. The second-order valence-electron chi connectivity index (χ2n) is 7.56. The van der Waals surface area contributed by atoms with Crippen LogP contribution in [0.2, 0.25) is 0 Å². The summed E-state index contributed by atoms with van der Waals surface area (Å²) in [4.78, 5) is 19.1. The Labute approximate surface area is 189 Å². The van der Waals surface area contributed by atoms with Crippen molar-refractivity contribution >= 4 is 15.7 Å². The number of methoxy groups -OCH3 is 1. The molecule has 0 unspecified atom stereocenters. The van der Waals surface area contributed by atoms with E-state index in [1.165, 1.54) is 0 Å². The number of sulfone groups is 1. The number of amides is 1. The smallest absolute Gasteiger partial charge is 0.254 e. The van der Waals surface area contributed by atoms with Crippen molar-refractivity contribution in [2.75, 3.05) is 20.3 Å². The lowest BCUT2D eigenvalue weighted by Gasteiger charge is -2.23. The van der Waals surface area contributed by atoms with E-state index >= 15 is 0 Å². The van der Waals surface area contributed by atoms with Crippen molar-refractivity contribution in [3.63, 3.8) is 0 Å². The first-order chi connectivity index (χ1) is 15.4. The van der Waals surface area contributed by atoms with E-state index in [-0.39, 0.29) is 23.4 Å². The number of nitrogens with zero attached hydrogens (tertiary/aromatic N) is 3. The maximum absolute atomic E-state index is 13.1. The average Bonchev–Trinajstić information content (AvgIpc) is 3.19. The van der Waals surface area contributed by atoms with Crippen LogP contribution in [0.5, 0.6) is 0 Å². The normalized spacial score (nSPS) is 11.5. The first-order valence-corrected chi connectivity index (χ1v) is 12.2. The van der Waals surface area contributed by atoms with Crippen LogP contribution in [-0.2, 0) is 33.4 Å². The summed E-state index contributed by atoms with van der Waals surface area (Å²) in [5.41, 5.74) is 2.88. The maximum Gasteiger partial charge on any atom is 0.254 e. The van der Waals surface area contributed by atoms with Gasteiger partial charge >= 0.3 is 0 Å². The van der Waals surface area contributed by atoms with Gasteiger partial charge in [0.15, 0.2) is 0 Å².